The first-order valence-electron chi connectivity index (χ1n) is 6.78. The summed E-state index contributed by atoms with van der Waals surface area (Å²) in [6.45, 7) is 7.73. The van der Waals surface area contributed by atoms with Crippen LogP contribution in [0.25, 0.3) is 0 Å². The normalized spacial score (nSPS) is 10.8. The van der Waals surface area contributed by atoms with E-state index >= 15 is 0 Å². The first kappa shape index (κ1) is 14.6. The largest absolute Gasteiger partial charge is 0.486 e. The highest BCUT2D eigenvalue weighted by molar-refractivity contribution is 5.30. The van der Waals surface area contributed by atoms with Crippen molar-refractivity contribution >= 4 is 0 Å². The fourth-order valence-corrected chi connectivity index (χ4v) is 1.94. The highest BCUT2D eigenvalue weighted by atomic mass is 19.1. The maximum absolute atomic E-state index is 13.6. The van der Waals surface area contributed by atoms with Gasteiger partial charge in [-0.25, -0.2) is 4.39 Å². The van der Waals surface area contributed by atoms with Crippen LogP contribution in [0.3, 0.4) is 0 Å². The molecule has 0 spiro atoms. The fourth-order valence-electron chi connectivity index (χ4n) is 1.94. The zero-order valence-electron chi connectivity index (χ0n) is 12.1. The van der Waals surface area contributed by atoms with Gasteiger partial charge in [-0.15, -0.1) is 0 Å². The zero-order chi connectivity index (χ0) is 14.5. The first-order valence-corrected chi connectivity index (χ1v) is 6.78. The number of aryl methyl sites for hydroxylation is 2. The predicted molar refractivity (Wildman–Crippen MR) is 76.3 cm³/mol. The summed E-state index contributed by atoms with van der Waals surface area (Å²) in [5, 5.41) is 3.20. The summed E-state index contributed by atoms with van der Waals surface area (Å²) >= 11 is 0. The van der Waals surface area contributed by atoms with Crippen molar-refractivity contribution in [2.75, 3.05) is 6.54 Å². The topological polar surface area (TPSA) is 34.4 Å². The van der Waals surface area contributed by atoms with E-state index in [1.807, 2.05) is 26.8 Å². The molecule has 108 valence electrons. The lowest BCUT2D eigenvalue weighted by Crippen LogP contribution is -2.10. The molecule has 0 amide bonds. The van der Waals surface area contributed by atoms with Crippen LogP contribution in [0.2, 0.25) is 0 Å². The lowest BCUT2D eigenvalue weighted by molar-refractivity contribution is 0.287. The quantitative estimate of drug-likeness (QED) is 0.873. The molecule has 1 N–H and O–H groups in total. The van der Waals surface area contributed by atoms with E-state index in [2.05, 4.69) is 5.32 Å². The van der Waals surface area contributed by atoms with Crippen molar-refractivity contribution in [3.63, 3.8) is 0 Å². The molecule has 0 aliphatic heterocycles. The summed E-state index contributed by atoms with van der Waals surface area (Å²) in [5.74, 6) is 1.61. The van der Waals surface area contributed by atoms with E-state index in [1.54, 1.807) is 12.1 Å². The van der Waals surface area contributed by atoms with Gasteiger partial charge in [0.15, 0.2) is 11.6 Å². The van der Waals surface area contributed by atoms with Crippen LogP contribution in [0.5, 0.6) is 5.75 Å². The molecule has 1 aromatic heterocycles. The number of benzene rings is 1. The van der Waals surface area contributed by atoms with E-state index in [-0.39, 0.29) is 11.6 Å². The van der Waals surface area contributed by atoms with Crippen LogP contribution >= 0.6 is 0 Å². The Morgan fingerprint density at radius 2 is 2.05 bits per heavy atom. The Morgan fingerprint density at radius 3 is 2.80 bits per heavy atom. The Labute approximate surface area is 118 Å². The molecule has 0 radical (unpaired) electrons. The van der Waals surface area contributed by atoms with Crippen LogP contribution in [0.4, 0.5) is 4.39 Å². The van der Waals surface area contributed by atoms with Gasteiger partial charge in [0.05, 0.1) is 6.54 Å². The van der Waals surface area contributed by atoms with Gasteiger partial charge in [0.25, 0.3) is 0 Å². The molecule has 0 saturated carbocycles. The molecule has 4 heteroatoms. The Balaban J connectivity index is 2.03. The lowest BCUT2D eigenvalue weighted by Gasteiger charge is -2.07. The molecule has 0 aliphatic rings. The first-order chi connectivity index (χ1) is 9.60. The predicted octanol–water partition coefficient (Wildman–Crippen LogP) is 3.72. The molecule has 2 rings (SSSR count). The van der Waals surface area contributed by atoms with Gasteiger partial charge in [-0.05, 0) is 44.2 Å². The third-order valence-electron chi connectivity index (χ3n) is 3.09. The van der Waals surface area contributed by atoms with Gasteiger partial charge < -0.3 is 14.5 Å². The maximum atomic E-state index is 13.6. The van der Waals surface area contributed by atoms with Gasteiger partial charge in [-0.2, -0.15) is 0 Å². The van der Waals surface area contributed by atoms with Crippen molar-refractivity contribution in [2.24, 2.45) is 0 Å². The summed E-state index contributed by atoms with van der Waals surface area (Å²) in [4.78, 5) is 0. The summed E-state index contributed by atoms with van der Waals surface area (Å²) in [6.07, 6.45) is 0. The summed E-state index contributed by atoms with van der Waals surface area (Å²) in [5.41, 5.74) is 1.91. The molecule has 0 atom stereocenters. The van der Waals surface area contributed by atoms with Gasteiger partial charge >= 0.3 is 0 Å². The van der Waals surface area contributed by atoms with Crippen molar-refractivity contribution in [1.29, 1.82) is 0 Å². The third-order valence-corrected chi connectivity index (χ3v) is 3.09. The Morgan fingerprint density at radius 1 is 1.25 bits per heavy atom. The van der Waals surface area contributed by atoms with E-state index < -0.39 is 0 Å². The molecule has 1 aromatic carbocycles. The number of halogens is 1. The van der Waals surface area contributed by atoms with Gasteiger partial charge in [-0.3, -0.25) is 0 Å². The number of ether oxygens (including phenoxy) is 1. The van der Waals surface area contributed by atoms with Crippen molar-refractivity contribution in [2.45, 2.75) is 33.9 Å². The SMILES string of the molecule is CCNCc1cc(COc2cc(C)ccc2F)c(C)o1. The minimum atomic E-state index is -0.343. The molecule has 0 unspecified atom stereocenters. The molecular formula is C16H20FNO2. The van der Waals surface area contributed by atoms with Gasteiger partial charge in [0.2, 0.25) is 0 Å². The van der Waals surface area contributed by atoms with E-state index in [0.29, 0.717) is 13.2 Å². The van der Waals surface area contributed by atoms with Crippen LogP contribution in [0.15, 0.2) is 28.7 Å². The number of hydrogen-bond donors (Lipinski definition) is 1. The Hall–Kier alpha value is -1.81. The molecular weight excluding hydrogens is 257 g/mol. The molecule has 2 aromatic rings. The average Bonchev–Trinajstić information content (AvgIpc) is 2.78. The lowest BCUT2D eigenvalue weighted by atomic mass is 10.2. The van der Waals surface area contributed by atoms with Crippen LogP contribution < -0.4 is 10.1 Å². The van der Waals surface area contributed by atoms with Crippen molar-refractivity contribution in [3.05, 3.63) is 52.7 Å². The summed E-state index contributed by atoms with van der Waals surface area (Å²) in [6, 6.07) is 6.79. The van der Waals surface area contributed by atoms with Gasteiger partial charge in [-0.1, -0.05) is 13.0 Å². The highest BCUT2D eigenvalue weighted by Gasteiger charge is 2.09. The van der Waals surface area contributed by atoms with Crippen molar-refractivity contribution in [3.8, 4) is 5.75 Å². The molecule has 0 bridgehead atoms. The number of furan rings is 1. The standard InChI is InChI=1S/C16H20FNO2/c1-4-18-9-14-8-13(12(3)20-14)10-19-16-7-11(2)5-6-15(16)17/h5-8,18H,4,9-10H2,1-3H3. The number of hydrogen-bond acceptors (Lipinski definition) is 3. The molecule has 0 fully saturated rings. The van der Waals surface area contributed by atoms with Crippen molar-refractivity contribution < 1.29 is 13.5 Å². The second-order valence-corrected chi connectivity index (χ2v) is 4.80. The molecule has 1 heterocycles. The van der Waals surface area contributed by atoms with Crippen LogP contribution in [-0.2, 0) is 13.2 Å². The van der Waals surface area contributed by atoms with Crippen LogP contribution in [-0.4, -0.2) is 6.54 Å². The van der Waals surface area contributed by atoms with E-state index in [9.17, 15) is 4.39 Å². The monoisotopic (exact) mass is 277 g/mol. The fraction of sp³-hybridized carbons (Fsp3) is 0.375. The minimum absolute atomic E-state index is 0.277. The summed E-state index contributed by atoms with van der Waals surface area (Å²) < 4.78 is 24.8. The highest BCUT2D eigenvalue weighted by Crippen LogP contribution is 2.21. The Bertz CT molecular complexity index is 578. The summed E-state index contributed by atoms with van der Waals surface area (Å²) in [7, 11) is 0. The number of nitrogens with one attached hydrogen (secondary N) is 1. The van der Waals surface area contributed by atoms with Crippen molar-refractivity contribution in [1.82, 2.24) is 5.32 Å². The van der Waals surface area contributed by atoms with E-state index in [0.717, 1.165) is 29.2 Å². The molecule has 0 saturated heterocycles. The minimum Gasteiger partial charge on any atom is -0.486 e. The smallest absolute Gasteiger partial charge is 0.165 e. The van der Waals surface area contributed by atoms with Crippen LogP contribution in [0.1, 0.15) is 29.6 Å². The van der Waals surface area contributed by atoms with Gasteiger partial charge in [0, 0.05) is 5.56 Å². The molecule has 0 aliphatic carbocycles. The average molecular weight is 277 g/mol. The number of rotatable bonds is 6. The Kier molecular flexibility index (Phi) is 4.79. The van der Waals surface area contributed by atoms with E-state index in [1.165, 1.54) is 6.07 Å². The second-order valence-electron chi connectivity index (χ2n) is 4.80. The van der Waals surface area contributed by atoms with Gasteiger partial charge in [0.1, 0.15) is 18.1 Å². The molecule has 20 heavy (non-hydrogen) atoms. The second kappa shape index (κ2) is 6.57. The van der Waals surface area contributed by atoms with E-state index in [4.69, 9.17) is 9.15 Å². The zero-order valence-corrected chi connectivity index (χ0v) is 12.1. The maximum Gasteiger partial charge on any atom is 0.165 e. The van der Waals surface area contributed by atoms with Crippen LogP contribution in [0, 0.1) is 19.7 Å². The third kappa shape index (κ3) is 3.61. The molecule has 3 nitrogen and oxygen atoms in total.